The van der Waals surface area contributed by atoms with E-state index < -0.39 is 0 Å². The van der Waals surface area contributed by atoms with Gasteiger partial charge in [0.1, 0.15) is 0 Å². The van der Waals surface area contributed by atoms with Crippen LogP contribution in [-0.2, 0) is 12.8 Å². The van der Waals surface area contributed by atoms with Crippen LogP contribution in [0.15, 0.2) is 12.6 Å². The van der Waals surface area contributed by atoms with Gasteiger partial charge in [-0.25, -0.2) is 0 Å². The first-order valence-corrected chi connectivity index (χ1v) is 5.22. The largest absolute Gasteiger partial charge is 0.338 e. The molecule has 0 unspecified atom stereocenters. The predicted octanol–water partition coefficient (Wildman–Crippen LogP) is 3.47. The lowest BCUT2D eigenvalue weighted by Gasteiger charge is -2.12. The van der Waals surface area contributed by atoms with Crippen molar-refractivity contribution in [3.63, 3.8) is 0 Å². The Kier molecular flexibility index (Phi) is 2.05. The van der Waals surface area contributed by atoms with Crippen molar-refractivity contribution in [2.24, 2.45) is 0 Å². The highest BCUT2D eigenvalue weighted by atomic mass is 32.1. The van der Waals surface area contributed by atoms with Gasteiger partial charge in [-0.05, 0) is 41.3 Å². The first-order chi connectivity index (χ1) is 5.81. The molecule has 1 aliphatic rings. The van der Waals surface area contributed by atoms with E-state index in [1.165, 1.54) is 40.2 Å². The van der Waals surface area contributed by atoms with Crippen LogP contribution in [0, 0.1) is 6.92 Å². The van der Waals surface area contributed by atoms with E-state index in [1.54, 1.807) is 0 Å². The minimum absolute atomic E-state index is 0.922. The number of fused-ring (bicyclic) bond motifs is 1. The molecule has 1 aromatic heterocycles. The second kappa shape index (κ2) is 3.06. The molecular weight excluding hydrogens is 164 g/mol. The first kappa shape index (κ1) is 8.06. The van der Waals surface area contributed by atoms with Gasteiger partial charge in [0, 0.05) is 4.88 Å². The van der Waals surface area contributed by atoms with Gasteiger partial charge >= 0.3 is 0 Å². The highest BCUT2D eigenvalue weighted by molar-refractivity contribution is 7.12. The highest BCUT2D eigenvalue weighted by Crippen LogP contribution is 2.35. The zero-order valence-corrected chi connectivity index (χ0v) is 8.04. The molecule has 0 bridgehead atoms. The standard InChI is InChI=1S/C11H13S/c1-3-9-7-10-8(2)5-4-6-11(10)12-9/h7H,1-6H2/q-1. The van der Waals surface area contributed by atoms with Crippen molar-refractivity contribution >= 4 is 16.9 Å². The molecule has 1 heterocycles. The molecule has 0 amide bonds. The van der Waals surface area contributed by atoms with Crippen LogP contribution in [-0.4, -0.2) is 0 Å². The molecule has 0 aliphatic heterocycles. The molecule has 0 aromatic carbocycles. The van der Waals surface area contributed by atoms with Crippen molar-refractivity contribution < 1.29 is 0 Å². The van der Waals surface area contributed by atoms with Crippen molar-refractivity contribution in [3.05, 3.63) is 34.9 Å². The molecule has 0 saturated heterocycles. The molecule has 0 atom stereocenters. The van der Waals surface area contributed by atoms with E-state index in [0.717, 1.165) is 6.42 Å². The Balaban J connectivity index is 2.43. The smallest absolute Gasteiger partial charge is 0.0122 e. The van der Waals surface area contributed by atoms with Crippen LogP contribution in [0.25, 0.3) is 5.57 Å². The summed E-state index contributed by atoms with van der Waals surface area (Å²) in [5, 5.41) is 0. The Bertz CT molecular complexity index is 307. The van der Waals surface area contributed by atoms with E-state index in [4.69, 9.17) is 0 Å². The fourth-order valence-electron chi connectivity index (χ4n) is 1.69. The van der Waals surface area contributed by atoms with Crippen LogP contribution in [0.4, 0.5) is 0 Å². The van der Waals surface area contributed by atoms with Crippen LogP contribution in [0.3, 0.4) is 0 Å². The molecule has 0 spiro atoms. The number of hydrogen-bond acceptors (Lipinski definition) is 1. The molecule has 2 rings (SSSR count). The minimum Gasteiger partial charge on any atom is -0.338 e. The van der Waals surface area contributed by atoms with Gasteiger partial charge in [0.25, 0.3) is 0 Å². The summed E-state index contributed by atoms with van der Waals surface area (Å²) in [7, 11) is 0. The van der Waals surface area contributed by atoms with Crippen LogP contribution >= 0.6 is 11.3 Å². The zero-order valence-electron chi connectivity index (χ0n) is 7.23. The monoisotopic (exact) mass is 177 g/mol. The molecule has 0 saturated carbocycles. The topological polar surface area (TPSA) is 0 Å². The van der Waals surface area contributed by atoms with Crippen molar-refractivity contribution in [1.29, 1.82) is 0 Å². The summed E-state index contributed by atoms with van der Waals surface area (Å²) in [5.74, 6) is 0. The fourth-order valence-corrected chi connectivity index (χ4v) is 2.84. The molecule has 0 N–H and O–H groups in total. The van der Waals surface area contributed by atoms with Gasteiger partial charge < -0.3 is 6.92 Å². The number of rotatable bonds is 1. The van der Waals surface area contributed by atoms with E-state index in [0.29, 0.717) is 0 Å². The normalized spacial score (nSPS) is 16.2. The van der Waals surface area contributed by atoms with Crippen LogP contribution < -0.4 is 0 Å². The maximum atomic E-state index is 4.09. The van der Waals surface area contributed by atoms with E-state index in [-0.39, 0.29) is 0 Å². The molecule has 0 radical (unpaired) electrons. The van der Waals surface area contributed by atoms with E-state index >= 15 is 0 Å². The molecule has 1 heteroatoms. The number of thiophene rings is 1. The Morgan fingerprint density at radius 2 is 2.33 bits per heavy atom. The van der Waals surface area contributed by atoms with E-state index in [2.05, 4.69) is 19.6 Å². The average Bonchev–Trinajstić information content (AvgIpc) is 2.49. The Morgan fingerprint density at radius 1 is 1.50 bits per heavy atom. The first-order valence-electron chi connectivity index (χ1n) is 4.40. The molecule has 0 nitrogen and oxygen atoms in total. The fraction of sp³-hybridized carbons (Fsp3) is 0.364. The van der Waals surface area contributed by atoms with Crippen molar-refractivity contribution in [1.82, 2.24) is 0 Å². The van der Waals surface area contributed by atoms with Crippen LogP contribution in [0.5, 0.6) is 0 Å². The summed E-state index contributed by atoms with van der Waals surface area (Å²) in [6, 6.07) is 2.27. The molecule has 12 heavy (non-hydrogen) atoms. The lowest BCUT2D eigenvalue weighted by molar-refractivity contribution is 0.839. The number of hydrogen-bond donors (Lipinski definition) is 0. The second-order valence-corrected chi connectivity index (χ2v) is 4.48. The third-order valence-electron chi connectivity index (χ3n) is 2.37. The lowest BCUT2D eigenvalue weighted by atomic mass is 9.94. The van der Waals surface area contributed by atoms with Gasteiger partial charge in [0.05, 0.1) is 0 Å². The Labute approximate surface area is 77.9 Å². The van der Waals surface area contributed by atoms with E-state index in [1.807, 2.05) is 11.3 Å². The predicted molar refractivity (Wildman–Crippen MR) is 55.4 cm³/mol. The van der Waals surface area contributed by atoms with Crippen molar-refractivity contribution in [3.8, 4) is 0 Å². The number of aryl methyl sites for hydroxylation is 1. The quantitative estimate of drug-likeness (QED) is 0.576. The third kappa shape index (κ3) is 1.22. The molecular formula is C11H13S-. The SMILES string of the molecule is C=C1CCCc2sc(C[CH2-])cc21. The summed E-state index contributed by atoms with van der Waals surface area (Å²) >= 11 is 1.92. The van der Waals surface area contributed by atoms with Gasteiger partial charge in [-0.1, -0.05) is 6.58 Å². The third-order valence-corrected chi connectivity index (χ3v) is 3.62. The van der Waals surface area contributed by atoms with Gasteiger partial charge in [0.15, 0.2) is 0 Å². The van der Waals surface area contributed by atoms with Crippen molar-refractivity contribution in [2.75, 3.05) is 0 Å². The summed E-state index contributed by atoms with van der Waals surface area (Å²) in [6.07, 6.45) is 4.63. The summed E-state index contributed by atoms with van der Waals surface area (Å²) in [5.41, 5.74) is 2.75. The molecule has 1 aliphatic carbocycles. The average molecular weight is 177 g/mol. The second-order valence-electron chi connectivity index (χ2n) is 3.26. The van der Waals surface area contributed by atoms with Gasteiger partial charge in [0.2, 0.25) is 0 Å². The molecule has 64 valence electrons. The lowest BCUT2D eigenvalue weighted by Crippen LogP contribution is -1.95. The van der Waals surface area contributed by atoms with Gasteiger partial charge in [-0.3, -0.25) is 0 Å². The highest BCUT2D eigenvalue weighted by Gasteiger charge is 2.14. The summed E-state index contributed by atoms with van der Waals surface area (Å²) < 4.78 is 0. The molecule has 1 aromatic rings. The van der Waals surface area contributed by atoms with Crippen LogP contribution in [0.1, 0.15) is 28.2 Å². The van der Waals surface area contributed by atoms with E-state index in [9.17, 15) is 0 Å². The minimum atomic E-state index is 0.922. The Morgan fingerprint density at radius 3 is 3.00 bits per heavy atom. The maximum absolute atomic E-state index is 4.09. The molecule has 0 fully saturated rings. The summed E-state index contributed by atoms with van der Waals surface area (Å²) in [6.45, 7) is 7.99. The maximum Gasteiger partial charge on any atom is 0.0122 e. The van der Waals surface area contributed by atoms with Gasteiger partial charge in [-0.2, -0.15) is 0 Å². The van der Waals surface area contributed by atoms with Gasteiger partial charge in [-0.15, -0.1) is 17.8 Å². The zero-order chi connectivity index (χ0) is 8.55. The number of allylic oxidation sites excluding steroid dienone is 1. The van der Waals surface area contributed by atoms with Crippen molar-refractivity contribution in [2.45, 2.75) is 25.7 Å². The Hall–Kier alpha value is -0.560. The summed E-state index contributed by atoms with van der Waals surface area (Å²) in [4.78, 5) is 2.94. The van der Waals surface area contributed by atoms with Crippen LogP contribution in [0.2, 0.25) is 0 Å².